The van der Waals surface area contributed by atoms with Crippen LogP contribution in [0.3, 0.4) is 0 Å². The second-order valence-corrected chi connectivity index (χ2v) is 6.54. The van der Waals surface area contributed by atoms with E-state index in [9.17, 15) is 4.21 Å². The molecule has 0 aliphatic rings. The molecule has 0 aromatic heterocycles. The van der Waals surface area contributed by atoms with E-state index in [1.807, 2.05) is 20.8 Å². The molecule has 0 aromatic carbocycles. The highest BCUT2D eigenvalue weighted by Crippen LogP contribution is 2.12. The summed E-state index contributed by atoms with van der Waals surface area (Å²) in [5, 5.41) is 3.34. The van der Waals surface area contributed by atoms with Gasteiger partial charge in [0.25, 0.3) is 0 Å². The Morgan fingerprint density at radius 1 is 1.31 bits per heavy atom. The maximum absolute atomic E-state index is 11.8. The van der Waals surface area contributed by atoms with E-state index in [0.717, 1.165) is 18.7 Å². The molecule has 2 atom stereocenters. The molecule has 13 heavy (non-hydrogen) atoms. The molecule has 0 rings (SSSR count). The van der Waals surface area contributed by atoms with Crippen molar-refractivity contribution in [3.05, 3.63) is 0 Å². The number of nitrogens with one attached hydrogen (secondary N) is 1. The number of rotatable bonds is 5. The summed E-state index contributed by atoms with van der Waals surface area (Å²) >= 11 is 0. The van der Waals surface area contributed by atoms with Crippen molar-refractivity contribution < 1.29 is 4.21 Å². The Morgan fingerprint density at radius 2 is 1.85 bits per heavy atom. The maximum atomic E-state index is 11.8. The Labute approximate surface area is 84.9 Å². The largest absolute Gasteiger partial charge is 0.313 e. The van der Waals surface area contributed by atoms with Gasteiger partial charge in [0.1, 0.15) is 0 Å². The van der Waals surface area contributed by atoms with Gasteiger partial charge in [-0.3, -0.25) is 4.21 Å². The first-order valence-corrected chi connectivity index (χ1v) is 6.35. The van der Waals surface area contributed by atoms with Gasteiger partial charge >= 0.3 is 0 Å². The van der Waals surface area contributed by atoms with Gasteiger partial charge in [0.2, 0.25) is 0 Å². The van der Waals surface area contributed by atoms with Crippen molar-refractivity contribution in [1.82, 2.24) is 5.32 Å². The molecule has 0 fully saturated rings. The number of hydrogen-bond acceptors (Lipinski definition) is 2. The Balaban J connectivity index is 4.01. The third kappa shape index (κ3) is 5.42. The van der Waals surface area contributed by atoms with E-state index in [2.05, 4.69) is 19.2 Å². The monoisotopic (exact) mass is 205 g/mol. The zero-order valence-electron chi connectivity index (χ0n) is 9.52. The van der Waals surface area contributed by atoms with Crippen LogP contribution in [0.4, 0.5) is 0 Å². The van der Waals surface area contributed by atoms with Crippen LogP contribution in [0, 0.1) is 0 Å². The van der Waals surface area contributed by atoms with Crippen molar-refractivity contribution >= 4 is 10.8 Å². The summed E-state index contributed by atoms with van der Waals surface area (Å²) in [6, 6.07) is 0.407. The molecular weight excluding hydrogens is 182 g/mol. The zero-order chi connectivity index (χ0) is 10.5. The summed E-state index contributed by atoms with van der Waals surface area (Å²) in [7, 11) is -0.731. The molecule has 0 spiro atoms. The summed E-state index contributed by atoms with van der Waals surface area (Å²) in [6.45, 7) is 11.3. The molecule has 0 radical (unpaired) electrons. The van der Waals surface area contributed by atoms with Gasteiger partial charge in [0.05, 0.1) is 0 Å². The van der Waals surface area contributed by atoms with Crippen molar-refractivity contribution in [3.63, 3.8) is 0 Å². The normalized spacial score (nSPS) is 17.0. The predicted molar refractivity (Wildman–Crippen MR) is 60.5 cm³/mol. The Kier molecular flexibility index (Phi) is 5.81. The topological polar surface area (TPSA) is 29.1 Å². The van der Waals surface area contributed by atoms with Gasteiger partial charge in [-0.05, 0) is 33.7 Å². The van der Waals surface area contributed by atoms with Crippen LogP contribution in [0.2, 0.25) is 0 Å². The Bertz CT molecular complexity index is 163. The fraction of sp³-hybridized carbons (Fsp3) is 1.00. The van der Waals surface area contributed by atoms with Gasteiger partial charge in [-0.15, -0.1) is 0 Å². The fourth-order valence-electron chi connectivity index (χ4n) is 1.04. The lowest BCUT2D eigenvalue weighted by molar-refractivity contribution is 0.547. The van der Waals surface area contributed by atoms with E-state index in [0.29, 0.717) is 6.04 Å². The third-order valence-corrected chi connectivity index (χ3v) is 4.09. The fourth-order valence-corrected chi connectivity index (χ4v) is 2.26. The van der Waals surface area contributed by atoms with Gasteiger partial charge in [-0.2, -0.15) is 0 Å². The van der Waals surface area contributed by atoms with Crippen molar-refractivity contribution in [2.24, 2.45) is 0 Å². The van der Waals surface area contributed by atoms with Gasteiger partial charge in [0.15, 0.2) is 0 Å². The average molecular weight is 205 g/mol. The van der Waals surface area contributed by atoms with Crippen LogP contribution in [0.5, 0.6) is 0 Å². The second-order valence-electron chi connectivity index (χ2n) is 4.29. The zero-order valence-corrected chi connectivity index (χ0v) is 10.3. The molecule has 80 valence electrons. The van der Waals surface area contributed by atoms with Crippen LogP contribution in [0.1, 0.15) is 41.0 Å². The molecule has 0 amide bonds. The first-order valence-electron chi connectivity index (χ1n) is 5.03. The minimum atomic E-state index is -0.731. The quantitative estimate of drug-likeness (QED) is 0.743. The van der Waals surface area contributed by atoms with Gasteiger partial charge in [-0.25, -0.2) is 0 Å². The van der Waals surface area contributed by atoms with Crippen LogP contribution < -0.4 is 5.32 Å². The molecule has 1 N–H and O–H groups in total. The number of hydrogen-bond donors (Lipinski definition) is 1. The minimum Gasteiger partial charge on any atom is -0.313 e. The molecule has 0 aliphatic heterocycles. The lowest BCUT2D eigenvalue weighted by Gasteiger charge is -2.22. The lowest BCUT2D eigenvalue weighted by Crippen LogP contribution is -2.37. The van der Waals surface area contributed by atoms with Crippen LogP contribution in [0.15, 0.2) is 0 Å². The Morgan fingerprint density at radius 3 is 2.15 bits per heavy atom. The van der Waals surface area contributed by atoms with Crippen LogP contribution in [0.25, 0.3) is 0 Å². The van der Waals surface area contributed by atoms with E-state index >= 15 is 0 Å². The molecule has 0 saturated carbocycles. The first-order chi connectivity index (χ1) is 5.91. The Hall–Kier alpha value is 0.110. The van der Waals surface area contributed by atoms with Gasteiger partial charge in [0, 0.05) is 27.3 Å². The average Bonchev–Trinajstić information content (AvgIpc) is 2.01. The van der Waals surface area contributed by atoms with Crippen LogP contribution >= 0.6 is 0 Å². The van der Waals surface area contributed by atoms with Crippen LogP contribution in [-0.2, 0) is 10.8 Å². The molecule has 0 aromatic rings. The smallest absolute Gasteiger partial charge is 0.0394 e. The maximum Gasteiger partial charge on any atom is 0.0394 e. The van der Waals surface area contributed by atoms with E-state index in [4.69, 9.17) is 0 Å². The minimum absolute atomic E-state index is 0.0805. The van der Waals surface area contributed by atoms with Crippen LogP contribution in [-0.4, -0.2) is 27.3 Å². The highest BCUT2D eigenvalue weighted by molar-refractivity contribution is 7.86. The van der Waals surface area contributed by atoms with E-state index in [-0.39, 0.29) is 4.75 Å². The van der Waals surface area contributed by atoms with E-state index in [1.165, 1.54) is 0 Å². The van der Waals surface area contributed by atoms with E-state index < -0.39 is 10.8 Å². The van der Waals surface area contributed by atoms with Crippen molar-refractivity contribution in [1.29, 1.82) is 0 Å². The van der Waals surface area contributed by atoms with Crippen molar-refractivity contribution in [2.45, 2.75) is 51.8 Å². The molecule has 0 bridgehead atoms. The molecule has 3 heteroatoms. The van der Waals surface area contributed by atoms with Crippen molar-refractivity contribution in [3.8, 4) is 0 Å². The highest BCUT2D eigenvalue weighted by Gasteiger charge is 2.21. The summed E-state index contributed by atoms with van der Waals surface area (Å²) < 4.78 is 11.7. The molecule has 0 heterocycles. The van der Waals surface area contributed by atoms with Gasteiger partial charge in [-0.1, -0.05) is 13.8 Å². The molecule has 2 nitrogen and oxygen atoms in total. The lowest BCUT2D eigenvalue weighted by atomic mass is 10.2. The summed E-state index contributed by atoms with van der Waals surface area (Å²) in [5.41, 5.74) is 0. The summed E-state index contributed by atoms with van der Waals surface area (Å²) in [4.78, 5) is 0. The first kappa shape index (κ1) is 13.1. The van der Waals surface area contributed by atoms with E-state index in [1.54, 1.807) is 0 Å². The second kappa shape index (κ2) is 5.76. The molecule has 0 aliphatic carbocycles. The molecule has 0 saturated heterocycles. The predicted octanol–water partition coefficient (Wildman–Crippen LogP) is 1.92. The third-order valence-electron chi connectivity index (χ3n) is 2.02. The van der Waals surface area contributed by atoms with Gasteiger partial charge < -0.3 is 5.32 Å². The van der Waals surface area contributed by atoms with Crippen molar-refractivity contribution in [2.75, 3.05) is 12.3 Å². The highest BCUT2D eigenvalue weighted by atomic mass is 32.2. The molecule has 2 unspecified atom stereocenters. The molecular formula is C10H23NOS. The SMILES string of the molecule is CCNC(CC)CS(=O)C(C)(C)C. The summed E-state index contributed by atoms with van der Waals surface area (Å²) in [5.74, 6) is 0.772. The summed E-state index contributed by atoms with van der Waals surface area (Å²) in [6.07, 6.45) is 1.05. The standard InChI is InChI=1S/C10H23NOS/c1-6-9(11-7-2)8-13(12)10(3,4)5/h9,11H,6-8H2,1-5H3.